The van der Waals surface area contributed by atoms with Crippen LogP contribution in [0.5, 0.6) is 0 Å². The second-order valence-corrected chi connectivity index (χ2v) is 6.32. The molecule has 5 heteroatoms. The van der Waals surface area contributed by atoms with Crippen molar-refractivity contribution >= 4 is 17.7 Å². The summed E-state index contributed by atoms with van der Waals surface area (Å²) in [6, 6.07) is 0.0663. The van der Waals surface area contributed by atoms with Crippen molar-refractivity contribution in [1.29, 1.82) is 0 Å². The van der Waals surface area contributed by atoms with Crippen molar-refractivity contribution in [2.24, 2.45) is 5.92 Å². The average Bonchev–Trinajstić information content (AvgIpc) is 2.82. The molecule has 98 valence electrons. The highest BCUT2D eigenvalue weighted by atomic mass is 32.2. The first-order valence-corrected chi connectivity index (χ1v) is 7.64. The van der Waals surface area contributed by atoms with E-state index < -0.39 is 0 Å². The van der Waals surface area contributed by atoms with Gasteiger partial charge in [0.25, 0.3) is 0 Å². The molecule has 17 heavy (non-hydrogen) atoms. The Balaban J connectivity index is 1.76. The van der Waals surface area contributed by atoms with E-state index in [4.69, 9.17) is 0 Å². The molecule has 0 radical (unpaired) electrons. The minimum absolute atomic E-state index is 0.0663. The highest BCUT2D eigenvalue weighted by Crippen LogP contribution is 2.13. The normalized spacial score (nSPS) is 26.8. The van der Waals surface area contributed by atoms with E-state index in [1.54, 1.807) is 0 Å². The standard InChI is InChI=1S/C12H23N3OS/c1-10(2)7-14-3-5-15(6-4-14)12(16)11-8-17-9-13-11/h10-11,13H,3-9H2,1-2H3. The van der Waals surface area contributed by atoms with Crippen LogP contribution in [-0.4, -0.2) is 66.1 Å². The van der Waals surface area contributed by atoms with E-state index in [2.05, 4.69) is 24.1 Å². The molecule has 1 amide bonds. The first-order valence-electron chi connectivity index (χ1n) is 6.49. The first kappa shape index (κ1) is 13.2. The van der Waals surface area contributed by atoms with Crippen molar-refractivity contribution < 1.29 is 4.79 Å². The van der Waals surface area contributed by atoms with Crippen LogP contribution in [0.3, 0.4) is 0 Å². The Morgan fingerprint density at radius 3 is 2.59 bits per heavy atom. The Bertz CT molecular complexity index is 258. The number of nitrogens with zero attached hydrogens (tertiary/aromatic N) is 2. The number of thioether (sulfide) groups is 1. The number of nitrogens with one attached hydrogen (secondary N) is 1. The van der Waals surface area contributed by atoms with Crippen LogP contribution in [-0.2, 0) is 4.79 Å². The second-order valence-electron chi connectivity index (χ2n) is 5.29. The maximum atomic E-state index is 12.2. The SMILES string of the molecule is CC(C)CN1CCN(C(=O)C2CSCN2)CC1. The zero-order chi connectivity index (χ0) is 12.3. The highest BCUT2D eigenvalue weighted by molar-refractivity contribution is 7.99. The van der Waals surface area contributed by atoms with E-state index in [0.717, 1.165) is 44.4 Å². The fourth-order valence-electron chi connectivity index (χ4n) is 2.44. The van der Waals surface area contributed by atoms with Gasteiger partial charge in [-0.15, -0.1) is 11.8 Å². The summed E-state index contributed by atoms with van der Waals surface area (Å²) >= 11 is 1.81. The lowest BCUT2D eigenvalue weighted by molar-refractivity contribution is -0.134. The number of carbonyl (C=O) groups is 1. The molecule has 1 unspecified atom stereocenters. The van der Waals surface area contributed by atoms with Crippen LogP contribution in [0.4, 0.5) is 0 Å². The third kappa shape index (κ3) is 3.60. The number of rotatable bonds is 3. The predicted octanol–water partition coefficient (Wildman–Crippen LogP) is 0.449. The molecule has 2 aliphatic rings. The quantitative estimate of drug-likeness (QED) is 0.796. The predicted molar refractivity (Wildman–Crippen MR) is 72.1 cm³/mol. The minimum atomic E-state index is 0.0663. The summed E-state index contributed by atoms with van der Waals surface area (Å²) in [5.41, 5.74) is 0. The Hall–Kier alpha value is -0.260. The number of carbonyl (C=O) groups excluding carboxylic acids is 1. The molecular formula is C12H23N3OS. The summed E-state index contributed by atoms with van der Waals surface area (Å²) in [4.78, 5) is 16.7. The molecule has 2 fully saturated rings. The molecule has 0 bridgehead atoms. The molecule has 1 atom stereocenters. The van der Waals surface area contributed by atoms with Crippen molar-refractivity contribution in [1.82, 2.24) is 15.1 Å². The average molecular weight is 257 g/mol. The minimum Gasteiger partial charge on any atom is -0.339 e. The van der Waals surface area contributed by atoms with Gasteiger partial charge in [0.15, 0.2) is 0 Å². The molecule has 0 saturated carbocycles. The molecule has 1 N–H and O–H groups in total. The molecule has 4 nitrogen and oxygen atoms in total. The zero-order valence-electron chi connectivity index (χ0n) is 10.8. The molecule has 0 aromatic rings. The Morgan fingerprint density at radius 2 is 2.06 bits per heavy atom. The second kappa shape index (κ2) is 6.07. The van der Waals surface area contributed by atoms with Gasteiger partial charge in [-0.1, -0.05) is 13.8 Å². The lowest BCUT2D eigenvalue weighted by Crippen LogP contribution is -2.54. The third-order valence-electron chi connectivity index (χ3n) is 3.32. The molecule has 2 heterocycles. The Kier molecular flexibility index (Phi) is 4.70. The molecule has 2 saturated heterocycles. The monoisotopic (exact) mass is 257 g/mol. The summed E-state index contributed by atoms with van der Waals surface area (Å²) in [5.74, 6) is 2.87. The number of amides is 1. The van der Waals surface area contributed by atoms with Crippen LogP contribution in [0.15, 0.2) is 0 Å². The van der Waals surface area contributed by atoms with Crippen molar-refractivity contribution in [3.63, 3.8) is 0 Å². The van der Waals surface area contributed by atoms with Crippen LogP contribution >= 0.6 is 11.8 Å². The maximum absolute atomic E-state index is 12.2. The lowest BCUT2D eigenvalue weighted by Gasteiger charge is -2.36. The van der Waals surface area contributed by atoms with E-state index in [-0.39, 0.29) is 6.04 Å². The first-order chi connectivity index (χ1) is 8.16. The smallest absolute Gasteiger partial charge is 0.240 e. The molecule has 0 aromatic heterocycles. The Morgan fingerprint density at radius 1 is 1.35 bits per heavy atom. The van der Waals surface area contributed by atoms with E-state index in [1.807, 2.05) is 16.7 Å². The van der Waals surface area contributed by atoms with Gasteiger partial charge in [-0.25, -0.2) is 0 Å². The van der Waals surface area contributed by atoms with Gasteiger partial charge in [-0.2, -0.15) is 0 Å². The van der Waals surface area contributed by atoms with Crippen LogP contribution in [0.1, 0.15) is 13.8 Å². The lowest BCUT2D eigenvalue weighted by atomic mass is 10.2. The topological polar surface area (TPSA) is 35.6 Å². The van der Waals surface area contributed by atoms with Gasteiger partial charge in [-0.05, 0) is 5.92 Å². The van der Waals surface area contributed by atoms with Crippen molar-refractivity contribution in [2.75, 3.05) is 44.4 Å². The largest absolute Gasteiger partial charge is 0.339 e. The van der Waals surface area contributed by atoms with Gasteiger partial charge in [0.2, 0.25) is 5.91 Å². The molecule has 0 spiro atoms. The van der Waals surface area contributed by atoms with Gasteiger partial charge in [-0.3, -0.25) is 15.0 Å². The third-order valence-corrected chi connectivity index (χ3v) is 4.26. The molecule has 0 aliphatic carbocycles. The highest BCUT2D eigenvalue weighted by Gasteiger charge is 2.29. The van der Waals surface area contributed by atoms with Crippen molar-refractivity contribution in [2.45, 2.75) is 19.9 Å². The fraction of sp³-hybridized carbons (Fsp3) is 0.917. The van der Waals surface area contributed by atoms with E-state index in [9.17, 15) is 4.79 Å². The van der Waals surface area contributed by atoms with Gasteiger partial charge >= 0.3 is 0 Å². The summed E-state index contributed by atoms with van der Waals surface area (Å²) in [5, 5.41) is 3.26. The summed E-state index contributed by atoms with van der Waals surface area (Å²) in [6.45, 7) is 9.50. The molecular weight excluding hydrogens is 234 g/mol. The van der Waals surface area contributed by atoms with Gasteiger partial charge < -0.3 is 4.90 Å². The van der Waals surface area contributed by atoms with Crippen molar-refractivity contribution in [3.05, 3.63) is 0 Å². The van der Waals surface area contributed by atoms with E-state index >= 15 is 0 Å². The number of piperazine rings is 1. The molecule has 0 aromatic carbocycles. The summed E-state index contributed by atoms with van der Waals surface area (Å²) < 4.78 is 0. The Labute approximate surface area is 108 Å². The summed E-state index contributed by atoms with van der Waals surface area (Å²) in [6.07, 6.45) is 0. The van der Waals surface area contributed by atoms with E-state index in [0.29, 0.717) is 11.8 Å². The van der Waals surface area contributed by atoms with Crippen LogP contribution in [0.2, 0.25) is 0 Å². The molecule has 2 rings (SSSR count). The van der Waals surface area contributed by atoms with Crippen LogP contribution in [0.25, 0.3) is 0 Å². The van der Waals surface area contributed by atoms with Crippen molar-refractivity contribution in [3.8, 4) is 0 Å². The molecule has 2 aliphatic heterocycles. The number of hydrogen-bond acceptors (Lipinski definition) is 4. The maximum Gasteiger partial charge on any atom is 0.240 e. The van der Waals surface area contributed by atoms with Gasteiger partial charge in [0.1, 0.15) is 0 Å². The number of hydrogen-bond donors (Lipinski definition) is 1. The van der Waals surface area contributed by atoms with Crippen LogP contribution in [0, 0.1) is 5.92 Å². The van der Waals surface area contributed by atoms with Gasteiger partial charge in [0.05, 0.1) is 6.04 Å². The fourth-order valence-corrected chi connectivity index (χ4v) is 3.37. The zero-order valence-corrected chi connectivity index (χ0v) is 11.6. The van der Waals surface area contributed by atoms with Gasteiger partial charge in [0, 0.05) is 44.4 Å². The van der Waals surface area contributed by atoms with Crippen LogP contribution < -0.4 is 5.32 Å². The van der Waals surface area contributed by atoms with E-state index in [1.165, 1.54) is 0 Å². The summed E-state index contributed by atoms with van der Waals surface area (Å²) in [7, 11) is 0.